The van der Waals surface area contributed by atoms with Crippen molar-refractivity contribution in [2.75, 3.05) is 32.1 Å². The van der Waals surface area contributed by atoms with Crippen LogP contribution in [0.1, 0.15) is 37.3 Å². The summed E-state index contributed by atoms with van der Waals surface area (Å²) in [5, 5.41) is 0. The van der Waals surface area contributed by atoms with Gasteiger partial charge in [0.15, 0.2) is 0 Å². The number of nitrogens with two attached hydrogens (primary N) is 1. The Morgan fingerprint density at radius 2 is 1.95 bits per heavy atom. The van der Waals surface area contributed by atoms with Gasteiger partial charge in [-0.3, -0.25) is 0 Å². The molecule has 118 valence electrons. The third kappa shape index (κ3) is 4.21. The van der Waals surface area contributed by atoms with Crippen molar-refractivity contribution in [3.05, 3.63) is 29.3 Å². The number of anilines is 1. The Morgan fingerprint density at radius 3 is 2.48 bits per heavy atom. The number of hydrogen-bond acceptors (Lipinski definition) is 3. The molecule has 1 aromatic rings. The van der Waals surface area contributed by atoms with Gasteiger partial charge in [0, 0.05) is 30.9 Å². The Balaban J connectivity index is 2.00. The molecule has 0 saturated carbocycles. The second-order valence-corrected chi connectivity index (χ2v) is 6.67. The molecule has 1 saturated heterocycles. The first-order chi connectivity index (χ1) is 10.0. The van der Waals surface area contributed by atoms with E-state index in [0.29, 0.717) is 0 Å². The van der Waals surface area contributed by atoms with E-state index in [1.165, 1.54) is 29.7 Å². The quantitative estimate of drug-likeness (QED) is 0.904. The van der Waals surface area contributed by atoms with Crippen LogP contribution in [0, 0.1) is 6.92 Å². The first-order valence-electron chi connectivity index (χ1n) is 8.27. The van der Waals surface area contributed by atoms with Gasteiger partial charge in [-0.05, 0) is 70.0 Å². The molecule has 0 radical (unpaired) electrons. The fraction of sp³-hybridized carbons (Fsp3) is 0.667. The summed E-state index contributed by atoms with van der Waals surface area (Å²) < 4.78 is 0. The third-order valence-corrected chi connectivity index (χ3v) is 4.89. The molecular formula is C18H31N3. The van der Waals surface area contributed by atoms with E-state index in [-0.39, 0.29) is 6.04 Å². The van der Waals surface area contributed by atoms with Crippen molar-refractivity contribution in [2.24, 2.45) is 5.73 Å². The fourth-order valence-electron chi connectivity index (χ4n) is 3.17. The number of nitrogens with zero attached hydrogens (tertiary/aromatic N) is 2. The van der Waals surface area contributed by atoms with Crippen LogP contribution < -0.4 is 10.6 Å². The Kier molecular flexibility index (Phi) is 5.65. The minimum atomic E-state index is 0.283. The lowest BCUT2D eigenvalue weighted by atomic mass is 9.98. The van der Waals surface area contributed by atoms with Crippen molar-refractivity contribution in [1.82, 2.24) is 4.90 Å². The van der Waals surface area contributed by atoms with Crippen LogP contribution in [-0.2, 0) is 6.42 Å². The van der Waals surface area contributed by atoms with Crippen molar-refractivity contribution < 1.29 is 0 Å². The Hall–Kier alpha value is -1.06. The normalized spacial score (nSPS) is 18.3. The molecule has 1 atom stereocenters. The number of aryl methyl sites for hydroxylation is 1. The Bertz CT molecular complexity index is 448. The molecule has 1 aliphatic rings. The molecule has 0 amide bonds. The van der Waals surface area contributed by atoms with Crippen LogP contribution >= 0.6 is 0 Å². The molecule has 2 N–H and O–H groups in total. The number of hydrogen-bond donors (Lipinski definition) is 1. The lowest BCUT2D eigenvalue weighted by Gasteiger charge is -2.36. The average Bonchev–Trinajstić information content (AvgIpc) is 2.49. The molecule has 2 rings (SSSR count). The van der Waals surface area contributed by atoms with E-state index in [2.05, 4.69) is 55.9 Å². The van der Waals surface area contributed by atoms with Crippen molar-refractivity contribution in [3.8, 4) is 0 Å². The van der Waals surface area contributed by atoms with Gasteiger partial charge in [-0.25, -0.2) is 0 Å². The summed E-state index contributed by atoms with van der Waals surface area (Å²) in [6.07, 6.45) is 4.55. The highest BCUT2D eigenvalue weighted by Gasteiger charge is 2.21. The average molecular weight is 289 g/mol. The number of rotatable bonds is 5. The van der Waals surface area contributed by atoms with Gasteiger partial charge in [0.25, 0.3) is 0 Å². The van der Waals surface area contributed by atoms with Crippen LogP contribution in [0.25, 0.3) is 0 Å². The van der Waals surface area contributed by atoms with E-state index in [1.54, 1.807) is 0 Å². The molecule has 21 heavy (non-hydrogen) atoms. The summed E-state index contributed by atoms with van der Waals surface area (Å²) in [5.41, 5.74) is 10.2. The minimum Gasteiger partial charge on any atom is -0.371 e. The van der Waals surface area contributed by atoms with E-state index in [9.17, 15) is 0 Å². The molecule has 1 unspecified atom stereocenters. The smallest absolute Gasteiger partial charge is 0.0369 e. The highest BCUT2D eigenvalue weighted by Crippen LogP contribution is 2.24. The summed E-state index contributed by atoms with van der Waals surface area (Å²) in [7, 11) is 4.38. The first kappa shape index (κ1) is 16.3. The van der Waals surface area contributed by atoms with Crippen LogP contribution in [0.4, 0.5) is 5.69 Å². The molecule has 1 aromatic carbocycles. The predicted molar refractivity (Wildman–Crippen MR) is 92.1 cm³/mol. The Labute approximate surface area is 130 Å². The van der Waals surface area contributed by atoms with Crippen LogP contribution in [0.15, 0.2) is 18.2 Å². The van der Waals surface area contributed by atoms with Gasteiger partial charge in [-0.1, -0.05) is 13.0 Å². The van der Waals surface area contributed by atoms with Crippen molar-refractivity contribution >= 4 is 5.69 Å². The maximum atomic E-state index is 6.08. The van der Waals surface area contributed by atoms with Crippen LogP contribution in [0.5, 0.6) is 0 Å². The van der Waals surface area contributed by atoms with E-state index in [4.69, 9.17) is 5.73 Å². The van der Waals surface area contributed by atoms with E-state index in [1.807, 2.05) is 0 Å². The van der Waals surface area contributed by atoms with Crippen LogP contribution in [0.2, 0.25) is 0 Å². The number of piperidine rings is 1. The van der Waals surface area contributed by atoms with Gasteiger partial charge in [0.2, 0.25) is 0 Å². The van der Waals surface area contributed by atoms with E-state index in [0.717, 1.165) is 32.0 Å². The molecular weight excluding hydrogens is 258 g/mol. The van der Waals surface area contributed by atoms with Gasteiger partial charge < -0.3 is 15.5 Å². The highest BCUT2D eigenvalue weighted by molar-refractivity contribution is 5.51. The predicted octanol–water partition coefficient (Wildman–Crippen LogP) is 2.81. The molecule has 1 heterocycles. The second-order valence-electron chi connectivity index (χ2n) is 6.67. The summed E-state index contributed by atoms with van der Waals surface area (Å²) in [4.78, 5) is 4.88. The topological polar surface area (TPSA) is 32.5 Å². The zero-order valence-corrected chi connectivity index (χ0v) is 14.1. The summed E-state index contributed by atoms with van der Waals surface area (Å²) >= 11 is 0. The standard InChI is InChI=1S/C18H31N3/c1-5-16(19)13-15-6-7-18(12-14(15)2)21-10-8-17(9-11-21)20(3)4/h6-7,12,16-17H,5,8-11,13,19H2,1-4H3. The molecule has 3 nitrogen and oxygen atoms in total. The Morgan fingerprint density at radius 1 is 1.29 bits per heavy atom. The summed E-state index contributed by atoms with van der Waals surface area (Å²) in [6, 6.07) is 7.92. The zero-order chi connectivity index (χ0) is 15.4. The molecule has 0 aliphatic carbocycles. The van der Waals surface area contributed by atoms with E-state index < -0.39 is 0 Å². The van der Waals surface area contributed by atoms with Crippen LogP contribution in [0.3, 0.4) is 0 Å². The van der Waals surface area contributed by atoms with Crippen molar-refractivity contribution in [2.45, 2.75) is 51.6 Å². The summed E-state index contributed by atoms with van der Waals surface area (Å²) in [6.45, 7) is 6.70. The molecule has 0 aromatic heterocycles. The largest absolute Gasteiger partial charge is 0.371 e. The SMILES string of the molecule is CCC(N)Cc1ccc(N2CCC(N(C)C)CC2)cc1C. The van der Waals surface area contributed by atoms with E-state index >= 15 is 0 Å². The molecule has 3 heteroatoms. The monoisotopic (exact) mass is 289 g/mol. The maximum absolute atomic E-state index is 6.08. The maximum Gasteiger partial charge on any atom is 0.0369 e. The summed E-state index contributed by atoms with van der Waals surface area (Å²) in [5.74, 6) is 0. The molecule has 1 fully saturated rings. The highest BCUT2D eigenvalue weighted by atomic mass is 15.2. The first-order valence-corrected chi connectivity index (χ1v) is 8.27. The van der Waals surface area contributed by atoms with Crippen molar-refractivity contribution in [1.29, 1.82) is 0 Å². The van der Waals surface area contributed by atoms with Gasteiger partial charge in [0.05, 0.1) is 0 Å². The lowest BCUT2D eigenvalue weighted by Crippen LogP contribution is -2.42. The molecule has 0 spiro atoms. The van der Waals surface area contributed by atoms with Gasteiger partial charge >= 0.3 is 0 Å². The fourth-order valence-corrected chi connectivity index (χ4v) is 3.17. The second kappa shape index (κ2) is 7.28. The number of benzene rings is 1. The lowest BCUT2D eigenvalue weighted by molar-refractivity contribution is 0.249. The van der Waals surface area contributed by atoms with Crippen LogP contribution in [-0.4, -0.2) is 44.2 Å². The van der Waals surface area contributed by atoms with Gasteiger partial charge in [-0.2, -0.15) is 0 Å². The van der Waals surface area contributed by atoms with Crippen molar-refractivity contribution in [3.63, 3.8) is 0 Å². The van der Waals surface area contributed by atoms with Gasteiger partial charge in [-0.15, -0.1) is 0 Å². The zero-order valence-electron chi connectivity index (χ0n) is 14.1. The molecule has 0 bridgehead atoms. The van der Waals surface area contributed by atoms with Gasteiger partial charge in [0.1, 0.15) is 0 Å². The third-order valence-electron chi connectivity index (χ3n) is 4.89. The molecule has 1 aliphatic heterocycles. The minimum absolute atomic E-state index is 0.283.